The van der Waals surface area contributed by atoms with Crippen molar-refractivity contribution >= 4 is 29.9 Å². The van der Waals surface area contributed by atoms with E-state index in [2.05, 4.69) is 4.99 Å². The molecule has 0 bridgehead atoms. The molecule has 0 unspecified atom stereocenters. The number of thioether (sulfide) groups is 1. The van der Waals surface area contributed by atoms with Gasteiger partial charge in [-0.15, -0.1) is 11.8 Å². The van der Waals surface area contributed by atoms with E-state index in [1.165, 1.54) is 16.7 Å². The first kappa shape index (κ1) is 11.4. The number of hydrogen-bond donors (Lipinski definition) is 1. The molecule has 5 nitrogen and oxygen atoms in total. The number of amides is 1. The summed E-state index contributed by atoms with van der Waals surface area (Å²) in [6, 6.07) is -1.13. The zero-order valence-corrected chi connectivity index (χ0v) is 10.2. The van der Waals surface area contributed by atoms with Crippen LogP contribution >= 0.6 is 11.8 Å². The molecule has 0 aromatic heterocycles. The molecule has 0 spiro atoms. The summed E-state index contributed by atoms with van der Waals surface area (Å²) in [7, 11) is 0. The first-order valence-electron chi connectivity index (χ1n) is 5.10. The van der Waals surface area contributed by atoms with Gasteiger partial charge in [0.25, 0.3) is 5.91 Å². The van der Waals surface area contributed by atoms with Gasteiger partial charge in [-0.2, -0.15) is 0 Å². The van der Waals surface area contributed by atoms with Crippen LogP contribution in [0.15, 0.2) is 4.99 Å². The summed E-state index contributed by atoms with van der Waals surface area (Å²) in [5, 5.41) is 9.05. The van der Waals surface area contributed by atoms with Crippen LogP contribution in [0, 0.1) is 0 Å². The number of nitrogens with zero attached hydrogens (tertiary/aromatic N) is 2. The maximum Gasteiger partial charge on any atom is 0.327 e. The number of carboxylic acids is 1. The van der Waals surface area contributed by atoms with Gasteiger partial charge < -0.3 is 10.0 Å². The molecule has 2 aliphatic heterocycles. The van der Waals surface area contributed by atoms with Crippen LogP contribution in [0.1, 0.15) is 20.8 Å². The number of aliphatic carboxylic acids is 1. The summed E-state index contributed by atoms with van der Waals surface area (Å²) in [5.41, 5.74) is 0. The zero-order chi connectivity index (χ0) is 12.1. The third-order valence-corrected chi connectivity index (χ3v) is 4.51. The summed E-state index contributed by atoms with van der Waals surface area (Å²) < 4.78 is -0.454. The van der Waals surface area contributed by atoms with Crippen molar-refractivity contribution in [2.45, 2.75) is 43.0 Å². The van der Waals surface area contributed by atoms with Crippen molar-refractivity contribution in [2.75, 3.05) is 0 Å². The highest BCUT2D eigenvalue weighted by atomic mass is 32.2. The summed E-state index contributed by atoms with van der Waals surface area (Å²) >= 11 is 1.52. The lowest BCUT2D eigenvalue weighted by molar-refractivity contribution is -0.158. The molecular formula is C10H14N2O3S. The summed E-state index contributed by atoms with van der Waals surface area (Å²) in [5.74, 6) is -1.11. The Balaban J connectivity index is 2.28. The molecule has 3 atom stereocenters. The van der Waals surface area contributed by atoms with Crippen molar-refractivity contribution < 1.29 is 14.7 Å². The normalized spacial score (nSPS) is 36.3. The number of hydrogen-bond acceptors (Lipinski definition) is 4. The Hall–Kier alpha value is -1.04. The highest BCUT2D eigenvalue weighted by Gasteiger charge is 2.63. The molecule has 0 saturated carbocycles. The molecule has 2 saturated heterocycles. The van der Waals surface area contributed by atoms with Gasteiger partial charge in [0.2, 0.25) is 0 Å². The van der Waals surface area contributed by atoms with Crippen LogP contribution in [0.25, 0.3) is 0 Å². The van der Waals surface area contributed by atoms with E-state index in [0.29, 0.717) is 0 Å². The van der Waals surface area contributed by atoms with Gasteiger partial charge in [-0.3, -0.25) is 9.79 Å². The average Bonchev–Trinajstić information content (AvgIpc) is 2.43. The van der Waals surface area contributed by atoms with Crippen LogP contribution in [-0.4, -0.2) is 50.3 Å². The number of aliphatic imine (C=N–C) groups is 1. The fourth-order valence-corrected chi connectivity index (χ4v) is 3.91. The lowest BCUT2D eigenvalue weighted by atomic mass is 9.96. The monoisotopic (exact) mass is 242 g/mol. The molecule has 2 rings (SSSR count). The lowest BCUT2D eigenvalue weighted by Gasteiger charge is -2.41. The number of β-lactam (4-membered cyclic amide) rings is 1. The zero-order valence-electron chi connectivity index (χ0n) is 9.38. The van der Waals surface area contributed by atoms with E-state index < -0.39 is 22.8 Å². The van der Waals surface area contributed by atoms with E-state index in [4.69, 9.17) is 5.11 Å². The average molecular weight is 242 g/mol. The molecule has 0 radical (unpaired) electrons. The Labute approximate surface area is 97.9 Å². The second-order valence-corrected chi connectivity index (χ2v) is 6.22. The molecule has 0 aliphatic carbocycles. The van der Waals surface area contributed by atoms with Crippen molar-refractivity contribution in [1.29, 1.82) is 0 Å². The first-order valence-corrected chi connectivity index (χ1v) is 5.98. The molecule has 2 heterocycles. The molecule has 1 amide bonds. The van der Waals surface area contributed by atoms with E-state index >= 15 is 0 Å². The van der Waals surface area contributed by atoms with Gasteiger partial charge in [0, 0.05) is 4.75 Å². The number of carbonyl (C=O) groups excluding carboxylic acids is 1. The SMILES string of the molecule is CC=N[C@@H]1C(=O)N2[C@@H]1SC(C)(C)[C@@H]2C(=O)O. The van der Waals surface area contributed by atoms with Gasteiger partial charge in [0.05, 0.1) is 0 Å². The van der Waals surface area contributed by atoms with Gasteiger partial charge in [-0.05, 0) is 27.0 Å². The van der Waals surface area contributed by atoms with Crippen molar-refractivity contribution in [1.82, 2.24) is 4.90 Å². The summed E-state index contributed by atoms with van der Waals surface area (Å²) in [6.07, 6.45) is 1.60. The molecule has 16 heavy (non-hydrogen) atoms. The lowest BCUT2D eigenvalue weighted by Crippen LogP contribution is -2.64. The molecule has 0 aromatic rings. The van der Waals surface area contributed by atoms with Crippen molar-refractivity contribution in [3.8, 4) is 0 Å². The molecule has 2 aliphatic rings. The highest BCUT2D eigenvalue weighted by Crippen LogP contribution is 2.51. The maximum absolute atomic E-state index is 11.8. The molecule has 88 valence electrons. The summed E-state index contributed by atoms with van der Waals surface area (Å²) in [4.78, 5) is 28.5. The first-order chi connectivity index (χ1) is 7.40. The smallest absolute Gasteiger partial charge is 0.327 e. The third-order valence-electron chi connectivity index (χ3n) is 2.96. The van der Waals surface area contributed by atoms with Crippen LogP contribution in [0.2, 0.25) is 0 Å². The third kappa shape index (κ3) is 1.36. The minimum absolute atomic E-state index is 0.111. The molecule has 0 aromatic carbocycles. The number of carbonyl (C=O) groups is 2. The predicted octanol–water partition coefficient (Wildman–Crippen LogP) is 0.593. The van der Waals surface area contributed by atoms with Crippen LogP contribution in [0.4, 0.5) is 0 Å². The molecule has 1 N–H and O–H groups in total. The van der Waals surface area contributed by atoms with Gasteiger partial charge in [-0.1, -0.05) is 0 Å². The number of carboxylic acid groups (broad SMARTS) is 1. The quantitative estimate of drug-likeness (QED) is 0.568. The van der Waals surface area contributed by atoms with Crippen LogP contribution in [-0.2, 0) is 9.59 Å². The van der Waals surface area contributed by atoms with E-state index in [1.54, 1.807) is 13.1 Å². The second-order valence-electron chi connectivity index (χ2n) is 4.45. The highest BCUT2D eigenvalue weighted by molar-refractivity contribution is 8.01. The predicted molar refractivity (Wildman–Crippen MR) is 61.7 cm³/mol. The minimum atomic E-state index is -0.938. The Bertz CT molecular complexity index is 380. The van der Waals surface area contributed by atoms with Crippen molar-refractivity contribution in [2.24, 2.45) is 4.99 Å². The maximum atomic E-state index is 11.8. The standard InChI is InChI=1S/C10H14N2O3S/c1-4-11-5-7(13)12-6(9(14)15)10(2,3)16-8(5)12/h4-6,8H,1-3H3,(H,14,15)/t5-,6+,8-/m1/s1. The van der Waals surface area contributed by atoms with Crippen molar-refractivity contribution in [3.05, 3.63) is 0 Å². The minimum Gasteiger partial charge on any atom is -0.480 e. The number of rotatable bonds is 2. The van der Waals surface area contributed by atoms with Gasteiger partial charge >= 0.3 is 5.97 Å². The van der Waals surface area contributed by atoms with Crippen LogP contribution in [0.5, 0.6) is 0 Å². The van der Waals surface area contributed by atoms with Crippen LogP contribution in [0.3, 0.4) is 0 Å². The van der Waals surface area contributed by atoms with Gasteiger partial charge in [0.1, 0.15) is 11.4 Å². The van der Waals surface area contributed by atoms with Crippen LogP contribution < -0.4 is 0 Å². The largest absolute Gasteiger partial charge is 0.480 e. The Morgan fingerprint density at radius 1 is 1.62 bits per heavy atom. The molecular weight excluding hydrogens is 228 g/mol. The van der Waals surface area contributed by atoms with E-state index in [0.717, 1.165) is 0 Å². The molecule has 6 heteroatoms. The van der Waals surface area contributed by atoms with Gasteiger partial charge in [-0.25, -0.2) is 4.79 Å². The fourth-order valence-electron chi connectivity index (χ4n) is 2.29. The fraction of sp³-hybridized carbons (Fsp3) is 0.700. The van der Waals surface area contributed by atoms with E-state index in [9.17, 15) is 9.59 Å². The Kier molecular flexibility index (Phi) is 2.49. The van der Waals surface area contributed by atoms with Crippen molar-refractivity contribution in [3.63, 3.8) is 0 Å². The topological polar surface area (TPSA) is 70.0 Å². The summed E-state index contributed by atoms with van der Waals surface area (Å²) in [6.45, 7) is 5.47. The Morgan fingerprint density at radius 3 is 2.75 bits per heavy atom. The molecule has 2 fully saturated rings. The van der Waals surface area contributed by atoms with E-state index in [1.807, 2.05) is 13.8 Å². The van der Waals surface area contributed by atoms with E-state index in [-0.39, 0.29) is 11.3 Å². The second kappa shape index (κ2) is 3.48. The number of fused-ring (bicyclic) bond motifs is 1. The van der Waals surface area contributed by atoms with Gasteiger partial charge in [0.15, 0.2) is 6.04 Å². The Morgan fingerprint density at radius 2 is 2.25 bits per heavy atom.